The van der Waals surface area contributed by atoms with Crippen molar-refractivity contribution in [3.8, 4) is 0 Å². The van der Waals surface area contributed by atoms with E-state index in [9.17, 15) is 4.79 Å². The van der Waals surface area contributed by atoms with E-state index in [1.54, 1.807) is 0 Å². The molecule has 0 aromatic heterocycles. The van der Waals surface area contributed by atoms with Crippen LogP contribution >= 0.6 is 0 Å². The van der Waals surface area contributed by atoms with E-state index in [4.69, 9.17) is 5.11 Å². The smallest absolute Gasteiger partial charge is 0.322 e. The number of hydrogen-bond donors (Lipinski definition) is 2. The number of hydrogen-bond acceptors (Lipinski definition) is 4. The fourth-order valence-corrected chi connectivity index (χ4v) is 1.72. The van der Waals surface area contributed by atoms with Crippen molar-refractivity contribution in [2.75, 3.05) is 13.7 Å². The van der Waals surface area contributed by atoms with Gasteiger partial charge in [-0.05, 0) is 31.9 Å². The molecule has 1 aliphatic heterocycles. The van der Waals surface area contributed by atoms with Gasteiger partial charge in [0.05, 0.1) is 13.7 Å². The topological polar surface area (TPSA) is 58.6 Å². The first-order chi connectivity index (χ1) is 8.67. The van der Waals surface area contributed by atoms with Crippen molar-refractivity contribution in [2.24, 2.45) is 0 Å². The molecule has 100 valence electrons. The number of nitrogens with one attached hydrogen (secondary N) is 1. The zero-order valence-corrected chi connectivity index (χ0v) is 11.0. The Morgan fingerprint density at radius 3 is 2.56 bits per heavy atom. The highest BCUT2D eigenvalue weighted by Crippen LogP contribution is 2.05. The predicted molar refractivity (Wildman–Crippen MR) is 70.1 cm³/mol. The van der Waals surface area contributed by atoms with Crippen molar-refractivity contribution >= 4 is 5.97 Å². The Kier molecular flexibility index (Phi) is 6.39. The Bertz CT molecular complexity index is 356. The van der Waals surface area contributed by atoms with Gasteiger partial charge in [0.15, 0.2) is 0 Å². The molecule has 1 aromatic carbocycles. The maximum atomic E-state index is 10.7. The van der Waals surface area contributed by atoms with Gasteiger partial charge < -0.3 is 15.2 Å². The van der Waals surface area contributed by atoms with Crippen LogP contribution in [0.5, 0.6) is 0 Å². The van der Waals surface area contributed by atoms with E-state index >= 15 is 0 Å². The molecule has 0 saturated carbocycles. The monoisotopic (exact) mass is 251 g/mol. The summed E-state index contributed by atoms with van der Waals surface area (Å²) in [6, 6.07) is 7.80. The Balaban J connectivity index is 0.000000180. The number of rotatable bonds is 2. The highest BCUT2D eigenvalue weighted by Gasteiger charge is 2.21. The van der Waals surface area contributed by atoms with E-state index in [0.29, 0.717) is 0 Å². The zero-order chi connectivity index (χ0) is 13.4. The standard InChI is InChI=1S/C8H10O.C6H11NO2/c1-7-2-4-8(6-9)5-3-7;1-9-6(8)5-3-2-4-7-5/h2-5,9H,6H2,1H3;5,7H,2-4H2,1H3. The van der Waals surface area contributed by atoms with Crippen molar-refractivity contribution in [1.82, 2.24) is 5.32 Å². The molecule has 2 rings (SSSR count). The molecule has 1 heterocycles. The third-order valence-electron chi connectivity index (χ3n) is 2.85. The largest absolute Gasteiger partial charge is 0.468 e. The van der Waals surface area contributed by atoms with Gasteiger partial charge in [-0.1, -0.05) is 29.8 Å². The van der Waals surface area contributed by atoms with Crippen LogP contribution < -0.4 is 5.32 Å². The van der Waals surface area contributed by atoms with Gasteiger partial charge in [0.2, 0.25) is 0 Å². The molecule has 0 amide bonds. The van der Waals surface area contributed by atoms with Gasteiger partial charge in [0.1, 0.15) is 6.04 Å². The number of carbonyl (C=O) groups is 1. The maximum Gasteiger partial charge on any atom is 0.322 e. The Labute approximate surface area is 108 Å². The van der Waals surface area contributed by atoms with Crippen LogP contribution in [0.25, 0.3) is 0 Å². The van der Waals surface area contributed by atoms with Crippen LogP contribution in [0.4, 0.5) is 0 Å². The molecule has 1 unspecified atom stereocenters. The van der Waals surface area contributed by atoms with Gasteiger partial charge in [-0.25, -0.2) is 0 Å². The second kappa shape index (κ2) is 7.84. The van der Waals surface area contributed by atoms with Crippen LogP contribution in [0.15, 0.2) is 24.3 Å². The highest BCUT2D eigenvalue weighted by atomic mass is 16.5. The number of aliphatic hydroxyl groups is 1. The summed E-state index contributed by atoms with van der Waals surface area (Å²) in [5.41, 5.74) is 2.20. The van der Waals surface area contributed by atoms with Gasteiger partial charge in [-0.15, -0.1) is 0 Å². The molecule has 0 bridgehead atoms. The summed E-state index contributed by atoms with van der Waals surface area (Å²) < 4.78 is 4.53. The summed E-state index contributed by atoms with van der Waals surface area (Å²) in [6.07, 6.45) is 2.01. The van der Waals surface area contributed by atoms with Crippen molar-refractivity contribution in [2.45, 2.75) is 32.4 Å². The van der Waals surface area contributed by atoms with E-state index in [1.165, 1.54) is 12.7 Å². The lowest BCUT2D eigenvalue weighted by atomic mass is 10.2. The summed E-state index contributed by atoms with van der Waals surface area (Å²) in [5, 5.41) is 11.7. The number of methoxy groups -OCH3 is 1. The molecule has 1 aromatic rings. The molecular weight excluding hydrogens is 230 g/mol. The van der Waals surface area contributed by atoms with Crippen molar-refractivity contribution in [3.63, 3.8) is 0 Å². The van der Waals surface area contributed by atoms with Crippen LogP contribution in [0, 0.1) is 6.92 Å². The number of aryl methyl sites for hydroxylation is 1. The molecular formula is C14H21NO3. The SMILES string of the molecule is COC(=O)C1CCCN1.Cc1ccc(CO)cc1. The minimum absolute atomic E-state index is 0.0324. The van der Waals surface area contributed by atoms with Crippen LogP contribution in [-0.4, -0.2) is 30.8 Å². The first kappa shape index (κ1) is 14.7. The second-order valence-electron chi connectivity index (χ2n) is 4.32. The number of ether oxygens (including phenoxy) is 1. The van der Waals surface area contributed by atoms with E-state index in [-0.39, 0.29) is 18.6 Å². The third-order valence-corrected chi connectivity index (χ3v) is 2.85. The molecule has 2 N–H and O–H groups in total. The van der Waals surface area contributed by atoms with Gasteiger partial charge >= 0.3 is 5.97 Å². The van der Waals surface area contributed by atoms with Crippen LogP contribution in [0.3, 0.4) is 0 Å². The van der Waals surface area contributed by atoms with E-state index in [2.05, 4.69) is 10.1 Å². The van der Waals surface area contributed by atoms with Crippen molar-refractivity contribution < 1.29 is 14.6 Å². The number of carbonyl (C=O) groups excluding carboxylic acids is 1. The average molecular weight is 251 g/mol. The fourth-order valence-electron chi connectivity index (χ4n) is 1.72. The molecule has 0 radical (unpaired) electrons. The van der Waals surface area contributed by atoms with E-state index in [0.717, 1.165) is 24.9 Å². The zero-order valence-electron chi connectivity index (χ0n) is 11.0. The Hall–Kier alpha value is -1.39. The molecule has 4 nitrogen and oxygen atoms in total. The molecule has 1 fully saturated rings. The molecule has 1 atom stereocenters. The van der Waals surface area contributed by atoms with Crippen LogP contribution in [0.1, 0.15) is 24.0 Å². The van der Waals surface area contributed by atoms with Gasteiger partial charge in [0.25, 0.3) is 0 Å². The average Bonchev–Trinajstić information content (AvgIpc) is 2.93. The van der Waals surface area contributed by atoms with Gasteiger partial charge in [0, 0.05) is 0 Å². The lowest BCUT2D eigenvalue weighted by Gasteiger charge is -2.04. The molecule has 1 aliphatic rings. The first-order valence-electron chi connectivity index (χ1n) is 6.15. The summed E-state index contributed by atoms with van der Waals surface area (Å²) in [4.78, 5) is 10.7. The lowest BCUT2D eigenvalue weighted by molar-refractivity contribution is -0.142. The number of esters is 1. The van der Waals surface area contributed by atoms with Crippen LogP contribution in [0.2, 0.25) is 0 Å². The Morgan fingerprint density at radius 2 is 2.11 bits per heavy atom. The summed E-state index contributed by atoms with van der Waals surface area (Å²) >= 11 is 0. The Morgan fingerprint density at radius 1 is 1.44 bits per heavy atom. The minimum atomic E-state index is -0.132. The number of benzene rings is 1. The fraction of sp³-hybridized carbons (Fsp3) is 0.500. The van der Waals surface area contributed by atoms with Crippen LogP contribution in [-0.2, 0) is 16.1 Å². The van der Waals surface area contributed by atoms with E-state index < -0.39 is 0 Å². The summed E-state index contributed by atoms with van der Waals surface area (Å²) in [6.45, 7) is 3.11. The van der Waals surface area contributed by atoms with Gasteiger partial charge in [-0.2, -0.15) is 0 Å². The minimum Gasteiger partial charge on any atom is -0.468 e. The van der Waals surface area contributed by atoms with Gasteiger partial charge in [-0.3, -0.25) is 4.79 Å². The number of aliphatic hydroxyl groups excluding tert-OH is 1. The summed E-state index contributed by atoms with van der Waals surface area (Å²) in [7, 11) is 1.42. The van der Waals surface area contributed by atoms with Crippen molar-refractivity contribution in [3.05, 3.63) is 35.4 Å². The molecule has 18 heavy (non-hydrogen) atoms. The highest BCUT2D eigenvalue weighted by molar-refractivity contribution is 5.75. The van der Waals surface area contributed by atoms with Crippen molar-refractivity contribution in [1.29, 1.82) is 0 Å². The molecule has 1 saturated heterocycles. The normalized spacial score (nSPS) is 17.8. The lowest BCUT2D eigenvalue weighted by Crippen LogP contribution is -2.31. The molecule has 4 heteroatoms. The maximum absolute atomic E-state index is 10.7. The molecule has 0 spiro atoms. The molecule has 0 aliphatic carbocycles. The first-order valence-corrected chi connectivity index (χ1v) is 6.15. The summed E-state index contributed by atoms with van der Waals surface area (Å²) in [5.74, 6) is -0.132. The second-order valence-corrected chi connectivity index (χ2v) is 4.32. The van der Waals surface area contributed by atoms with E-state index in [1.807, 2.05) is 31.2 Å². The predicted octanol–water partition coefficient (Wildman–Crippen LogP) is 1.40. The third kappa shape index (κ3) is 4.85. The quantitative estimate of drug-likeness (QED) is 0.780.